The van der Waals surface area contributed by atoms with Gasteiger partial charge in [-0.1, -0.05) is 42.5 Å². The lowest BCUT2D eigenvalue weighted by Crippen LogP contribution is -2.46. The SMILES string of the molecule is O=C(NCc1ccccc1)NC1CCC(NC(=O)c2ccccc2F)CC1. The van der Waals surface area contributed by atoms with Crippen molar-refractivity contribution in [2.45, 2.75) is 44.3 Å². The maximum atomic E-state index is 13.7. The van der Waals surface area contributed by atoms with Crippen molar-refractivity contribution in [2.24, 2.45) is 0 Å². The highest BCUT2D eigenvalue weighted by Gasteiger charge is 2.24. The topological polar surface area (TPSA) is 70.2 Å². The van der Waals surface area contributed by atoms with Crippen LogP contribution in [0.4, 0.5) is 9.18 Å². The van der Waals surface area contributed by atoms with E-state index in [1.54, 1.807) is 12.1 Å². The van der Waals surface area contributed by atoms with E-state index >= 15 is 0 Å². The van der Waals surface area contributed by atoms with Crippen LogP contribution in [0.25, 0.3) is 0 Å². The molecular formula is C21H24FN3O2. The van der Waals surface area contributed by atoms with Gasteiger partial charge in [-0.05, 0) is 43.4 Å². The van der Waals surface area contributed by atoms with Gasteiger partial charge in [-0.25, -0.2) is 9.18 Å². The zero-order valence-electron chi connectivity index (χ0n) is 15.1. The molecule has 2 aromatic rings. The van der Waals surface area contributed by atoms with Crippen LogP contribution in [0.2, 0.25) is 0 Å². The normalized spacial score (nSPS) is 19.1. The summed E-state index contributed by atoms with van der Waals surface area (Å²) in [7, 11) is 0. The number of benzene rings is 2. The molecule has 0 bridgehead atoms. The summed E-state index contributed by atoms with van der Waals surface area (Å²) in [5.74, 6) is -0.898. The summed E-state index contributed by atoms with van der Waals surface area (Å²) in [6.45, 7) is 0.487. The van der Waals surface area contributed by atoms with E-state index in [-0.39, 0.29) is 29.6 Å². The van der Waals surface area contributed by atoms with Gasteiger partial charge >= 0.3 is 6.03 Å². The minimum atomic E-state index is -0.513. The lowest BCUT2D eigenvalue weighted by Gasteiger charge is -2.29. The summed E-state index contributed by atoms with van der Waals surface area (Å²) in [5.41, 5.74) is 1.12. The van der Waals surface area contributed by atoms with Crippen molar-refractivity contribution in [2.75, 3.05) is 0 Å². The minimum Gasteiger partial charge on any atom is -0.349 e. The van der Waals surface area contributed by atoms with Crippen LogP contribution in [0.3, 0.4) is 0 Å². The Balaban J connectivity index is 1.39. The van der Waals surface area contributed by atoms with Gasteiger partial charge in [-0.3, -0.25) is 4.79 Å². The van der Waals surface area contributed by atoms with Crippen LogP contribution in [-0.2, 0) is 6.54 Å². The lowest BCUT2D eigenvalue weighted by atomic mass is 9.91. The number of carbonyl (C=O) groups is 2. The average molecular weight is 369 g/mol. The van der Waals surface area contributed by atoms with E-state index in [1.165, 1.54) is 12.1 Å². The van der Waals surface area contributed by atoms with Gasteiger partial charge < -0.3 is 16.0 Å². The lowest BCUT2D eigenvalue weighted by molar-refractivity contribution is 0.0920. The first kappa shape index (κ1) is 18.9. The zero-order valence-corrected chi connectivity index (χ0v) is 15.1. The monoisotopic (exact) mass is 369 g/mol. The number of nitrogens with one attached hydrogen (secondary N) is 3. The van der Waals surface area contributed by atoms with Gasteiger partial charge in [0.25, 0.3) is 5.91 Å². The Kier molecular flexibility index (Phi) is 6.41. The fourth-order valence-corrected chi connectivity index (χ4v) is 3.31. The fourth-order valence-electron chi connectivity index (χ4n) is 3.31. The smallest absolute Gasteiger partial charge is 0.315 e. The van der Waals surface area contributed by atoms with E-state index in [1.807, 2.05) is 30.3 Å². The third-order valence-electron chi connectivity index (χ3n) is 4.81. The Morgan fingerprint density at radius 3 is 2.11 bits per heavy atom. The third kappa shape index (κ3) is 5.54. The van der Waals surface area contributed by atoms with Gasteiger partial charge in [-0.15, -0.1) is 0 Å². The summed E-state index contributed by atoms with van der Waals surface area (Å²) < 4.78 is 13.7. The second-order valence-corrected chi connectivity index (χ2v) is 6.81. The van der Waals surface area contributed by atoms with Gasteiger partial charge in [0.05, 0.1) is 5.56 Å². The summed E-state index contributed by atoms with van der Waals surface area (Å²) in [6.07, 6.45) is 3.07. The van der Waals surface area contributed by atoms with Gasteiger partial charge in [-0.2, -0.15) is 0 Å². The maximum absolute atomic E-state index is 13.7. The largest absolute Gasteiger partial charge is 0.349 e. The molecule has 0 saturated heterocycles. The highest BCUT2D eigenvalue weighted by molar-refractivity contribution is 5.94. The van der Waals surface area contributed by atoms with Crippen molar-refractivity contribution in [3.8, 4) is 0 Å². The van der Waals surface area contributed by atoms with E-state index in [2.05, 4.69) is 16.0 Å². The van der Waals surface area contributed by atoms with Gasteiger partial charge in [0.15, 0.2) is 0 Å². The molecule has 1 fully saturated rings. The summed E-state index contributed by atoms with van der Waals surface area (Å²) in [6, 6.07) is 15.6. The molecule has 0 spiro atoms. The molecule has 0 heterocycles. The number of amides is 3. The van der Waals surface area contributed by atoms with E-state index in [9.17, 15) is 14.0 Å². The molecule has 5 nitrogen and oxygen atoms in total. The van der Waals surface area contributed by atoms with Crippen LogP contribution in [0.15, 0.2) is 54.6 Å². The maximum Gasteiger partial charge on any atom is 0.315 e. The molecule has 6 heteroatoms. The molecule has 27 heavy (non-hydrogen) atoms. The number of rotatable bonds is 5. The van der Waals surface area contributed by atoms with Crippen LogP contribution in [0.1, 0.15) is 41.6 Å². The van der Waals surface area contributed by atoms with Gasteiger partial charge in [0.2, 0.25) is 0 Å². The van der Waals surface area contributed by atoms with Crippen LogP contribution < -0.4 is 16.0 Å². The summed E-state index contributed by atoms with van der Waals surface area (Å²) in [5, 5.41) is 8.73. The van der Waals surface area contributed by atoms with E-state index in [0.717, 1.165) is 31.2 Å². The highest BCUT2D eigenvalue weighted by Crippen LogP contribution is 2.19. The first-order chi connectivity index (χ1) is 13.1. The van der Waals surface area contributed by atoms with Crippen molar-refractivity contribution in [1.82, 2.24) is 16.0 Å². The van der Waals surface area contributed by atoms with Crippen LogP contribution in [0.5, 0.6) is 0 Å². The second kappa shape index (κ2) is 9.16. The molecule has 0 radical (unpaired) electrons. The first-order valence-corrected chi connectivity index (χ1v) is 9.25. The number of halogens is 1. The molecule has 0 unspecified atom stereocenters. The van der Waals surface area contributed by atoms with Gasteiger partial charge in [0, 0.05) is 18.6 Å². The molecule has 3 rings (SSSR count). The molecule has 142 valence electrons. The van der Waals surface area contributed by atoms with Crippen molar-refractivity contribution >= 4 is 11.9 Å². The first-order valence-electron chi connectivity index (χ1n) is 9.25. The van der Waals surface area contributed by atoms with E-state index in [0.29, 0.717) is 6.54 Å². The van der Waals surface area contributed by atoms with Crippen LogP contribution in [-0.4, -0.2) is 24.0 Å². The molecule has 0 aliphatic heterocycles. The Bertz CT molecular complexity index is 774. The summed E-state index contributed by atoms with van der Waals surface area (Å²) in [4.78, 5) is 24.2. The number of hydrogen-bond donors (Lipinski definition) is 3. The quantitative estimate of drug-likeness (QED) is 0.756. The van der Waals surface area contributed by atoms with Crippen LogP contribution in [0, 0.1) is 5.82 Å². The predicted molar refractivity (Wildman–Crippen MR) is 102 cm³/mol. The molecule has 2 aromatic carbocycles. The van der Waals surface area contributed by atoms with E-state index < -0.39 is 5.82 Å². The Hall–Kier alpha value is -2.89. The van der Waals surface area contributed by atoms with Crippen molar-refractivity contribution in [3.63, 3.8) is 0 Å². The Morgan fingerprint density at radius 1 is 0.852 bits per heavy atom. The molecule has 0 aromatic heterocycles. The molecule has 3 amide bonds. The zero-order chi connectivity index (χ0) is 19.1. The van der Waals surface area contributed by atoms with Crippen molar-refractivity contribution in [3.05, 3.63) is 71.5 Å². The Labute approximate surface area is 158 Å². The number of urea groups is 1. The Morgan fingerprint density at radius 2 is 1.44 bits per heavy atom. The fraction of sp³-hybridized carbons (Fsp3) is 0.333. The average Bonchev–Trinajstić information content (AvgIpc) is 2.69. The van der Waals surface area contributed by atoms with Crippen LogP contribution >= 0.6 is 0 Å². The predicted octanol–water partition coefficient (Wildman–Crippen LogP) is 3.37. The molecule has 1 aliphatic rings. The van der Waals surface area contributed by atoms with Crippen molar-refractivity contribution < 1.29 is 14.0 Å². The third-order valence-corrected chi connectivity index (χ3v) is 4.81. The molecule has 3 N–H and O–H groups in total. The highest BCUT2D eigenvalue weighted by atomic mass is 19.1. The van der Waals surface area contributed by atoms with Gasteiger partial charge in [0.1, 0.15) is 5.82 Å². The second-order valence-electron chi connectivity index (χ2n) is 6.81. The number of hydrogen-bond acceptors (Lipinski definition) is 2. The van der Waals surface area contributed by atoms with Crippen molar-refractivity contribution in [1.29, 1.82) is 0 Å². The van der Waals surface area contributed by atoms with E-state index in [4.69, 9.17) is 0 Å². The molecular weight excluding hydrogens is 345 g/mol. The molecule has 1 aliphatic carbocycles. The number of carbonyl (C=O) groups excluding carboxylic acids is 2. The summed E-state index contributed by atoms with van der Waals surface area (Å²) >= 11 is 0. The standard InChI is InChI=1S/C21H24FN3O2/c22-19-9-5-4-8-18(19)20(26)24-16-10-12-17(13-11-16)25-21(27)23-14-15-6-2-1-3-7-15/h1-9,16-17H,10-14H2,(H,24,26)(H2,23,25,27). The molecule has 1 saturated carbocycles. The minimum absolute atomic E-state index is 0.00235. The molecule has 0 atom stereocenters.